The predicted molar refractivity (Wildman–Crippen MR) is 110 cm³/mol. The SMILES string of the molecule is CC(C)(C)[Si](OCCC#CCBr)(c1ccccc1)c1ccccc1. The lowest BCUT2D eigenvalue weighted by molar-refractivity contribution is 0.306. The molecule has 0 N–H and O–H groups in total. The summed E-state index contributed by atoms with van der Waals surface area (Å²) >= 11 is 3.34. The molecule has 0 aliphatic carbocycles. The van der Waals surface area contributed by atoms with E-state index in [1.165, 1.54) is 10.4 Å². The first-order valence-electron chi connectivity index (χ1n) is 8.29. The van der Waals surface area contributed by atoms with Gasteiger partial charge in [0, 0.05) is 13.0 Å². The van der Waals surface area contributed by atoms with Crippen molar-refractivity contribution in [3.05, 3.63) is 60.7 Å². The first-order valence-corrected chi connectivity index (χ1v) is 11.3. The van der Waals surface area contributed by atoms with Crippen LogP contribution in [0.15, 0.2) is 60.7 Å². The van der Waals surface area contributed by atoms with Crippen molar-refractivity contribution >= 4 is 34.6 Å². The molecular weight excluding hydrogens is 376 g/mol. The molecule has 2 aromatic carbocycles. The average Bonchev–Trinajstić information content (AvgIpc) is 2.59. The minimum atomic E-state index is -2.39. The standard InChI is InChI=1S/C21H25BrOSi/c1-21(2,3)24(19-13-7-4-8-14-19,20-15-9-5-10-16-20)23-18-12-6-11-17-22/h4-5,7-10,13-16H,12,17-18H2,1-3H3. The zero-order chi connectivity index (χ0) is 17.5. The molecule has 24 heavy (non-hydrogen) atoms. The second kappa shape index (κ2) is 8.67. The maximum Gasteiger partial charge on any atom is 0.261 e. The van der Waals surface area contributed by atoms with Crippen LogP contribution < -0.4 is 10.4 Å². The zero-order valence-electron chi connectivity index (χ0n) is 14.7. The lowest BCUT2D eigenvalue weighted by atomic mass is 10.2. The highest BCUT2D eigenvalue weighted by Crippen LogP contribution is 2.36. The summed E-state index contributed by atoms with van der Waals surface area (Å²) < 4.78 is 6.73. The van der Waals surface area contributed by atoms with Crippen molar-refractivity contribution in [2.75, 3.05) is 11.9 Å². The van der Waals surface area contributed by atoms with Gasteiger partial charge in [-0.05, 0) is 15.4 Å². The molecule has 2 aromatic rings. The number of alkyl halides is 1. The molecule has 3 heteroatoms. The molecule has 0 aliphatic heterocycles. The van der Waals surface area contributed by atoms with E-state index < -0.39 is 8.32 Å². The highest BCUT2D eigenvalue weighted by atomic mass is 79.9. The molecule has 0 unspecified atom stereocenters. The van der Waals surface area contributed by atoms with Crippen molar-refractivity contribution in [1.82, 2.24) is 0 Å². The second-order valence-corrected chi connectivity index (χ2v) is 11.6. The molecule has 1 nitrogen and oxygen atoms in total. The van der Waals surface area contributed by atoms with Crippen LogP contribution in [0.25, 0.3) is 0 Å². The highest BCUT2D eigenvalue weighted by molar-refractivity contribution is 9.09. The minimum Gasteiger partial charge on any atom is -0.406 e. The van der Waals surface area contributed by atoms with Crippen LogP contribution in [0.3, 0.4) is 0 Å². The minimum absolute atomic E-state index is 0.0263. The molecule has 0 saturated heterocycles. The Kier molecular flexibility index (Phi) is 6.86. The van der Waals surface area contributed by atoms with Gasteiger partial charge in [-0.15, -0.1) is 5.92 Å². The molecule has 2 rings (SSSR count). The normalized spacial score (nSPS) is 11.7. The van der Waals surface area contributed by atoms with Gasteiger partial charge in [0.1, 0.15) is 0 Å². The zero-order valence-corrected chi connectivity index (χ0v) is 17.3. The Morgan fingerprint density at radius 3 is 1.79 bits per heavy atom. The number of hydrogen-bond donors (Lipinski definition) is 0. The van der Waals surface area contributed by atoms with Gasteiger partial charge in [-0.1, -0.05) is 103 Å². The molecule has 0 amide bonds. The van der Waals surface area contributed by atoms with Gasteiger partial charge in [-0.25, -0.2) is 0 Å². The molecular formula is C21H25BrOSi. The Hall–Kier alpha value is -1.34. The third-order valence-corrected chi connectivity index (χ3v) is 9.48. The summed E-state index contributed by atoms with van der Waals surface area (Å²) in [6.07, 6.45) is 0.760. The number of halogens is 1. The molecule has 0 fully saturated rings. The lowest BCUT2D eigenvalue weighted by Gasteiger charge is -2.43. The molecule has 0 bridgehead atoms. The Bertz CT molecular complexity index is 641. The molecule has 0 saturated carbocycles. The number of benzene rings is 2. The number of rotatable bonds is 5. The summed E-state index contributed by atoms with van der Waals surface area (Å²) in [5, 5.41) is 3.37. The van der Waals surface area contributed by atoms with Gasteiger partial charge in [-0.2, -0.15) is 0 Å². The fourth-order valence-electron chi connectivity index (χ4n) is 3.15. The Balaban J connectivity index is 2.49. The van der Waals surface area contributed by atoms with Crippen molar-refractivity contribution in [2.45, 2.75) is 32.2 Å². The fourth-order valence-corrected chi connectivity index (χ4v) is 7.91. The quantitative estimate of drug-likeness (QED) is 0.313. The van der Waals surface area contributed by atoms with Gasteiger partial charge in [0.05, 0.1) is 5.33 Å². The molecule has 0 radical (unpaired) electrons. The maximum atomic E-state index is 6.73. The van der Waals surface area contributed by atoms with Crippen molar-refractivity contribution in [3.63, 3.8) is 0 Å². The van der Waals surface area contributed by atoms with Gasteiger partial charge >= 0.3 is 0 Å². The first kappa shape index (κ1) is 19.0. The van der Waals surface area contributed by atoms with Gasteiger partial charge < -0.3 is 4.43 Å². The van der Waals surface area contributed by atoms with E-state index in [2.05, 4.69) is 109 Å². The van der Waals surface area contributed by atoms with E-state index in [0.717, 1.165) is 6.42 Å². The van der Waals surface area contributed by atoms with Crippen LogP contribution in [0.1, 0.15) is 27.2 Å². The Morgan fingerprint density at radius 2 is 1.38 bits per heavy atom. The molecule has 126 valence electrons. The van der Waals surface area contributed by atoms with Crippen LogP contribution in [-0.2, 0) is 4.43 Å². The Morgan fingerprint density at radius 1 is 0.875 bits per heavy atom. The van der Waals surface area contributed by atoms with E-state index in [1.807, 2.05) is 0 Å². The average molecular weight is 401 g/mol. The summed E-state index contributed by atoms with van der Waals surface area (Å²) in [7, 11) is -2.39. The van der Waals surface area contributed by atoms with Crippen LogP contribution in [-0.4, -0.2) is 20.3 Å². The highest BCUT2D eigenvalue weighted by Gasteiger charge is 2.49. The predicted octanol–water partition coefficient (Wildman–Crippen LogP) is 4.35. The van der Waals surface area contributed by atoms with E-state index in [-0.39, 0.29) is 5.04 Å². The van der Waals surface area contributed by atoms with E-state index >= 15 is 0 Å². The summed E-state index contributed by atoms with van der Waals surface area (Å²) in [4.78, 5) is 0. The topological polar surface area (TPSA) is 9.23 Å². The van der Waals surface area contributed by atoms with Gasteiger partial charge in [0.15, 0.2) is 0 Å². The monoisotopic (exact) mass is 400 g/mol. The van der Waals surface area contributed by atoms with Crippen molar-refractivity contribution in [2.24, 2.45) is 0 Å². The van der Waals surface area contributed by atoms with E-state index in [0.29, 0.717) is 11.9 Å². The Labute approximate surface area is 155 Å². The van der Waals surface area contributed by atoms with Crippen molar-refractivity contribution in [3.8, 4) is 11.8 Å². The summed E-state index contributed by atoms with van der Waals surface area (Å²) in [6, 6.07) is 21.4. The molecule has 0 heterocycles. The van der Waals surface area contributed by atoms with Crippen LogP contribution in [0.5, 0.6) is 0 Å². The van der Waals surface area contributed by atoms with Crippen molar-refractivity contribution < 1.29 is 4.43 Å². The largest absolute Gasteiger partial charge is 0.406 e. The molecule has 0 aliphatic rings. The third kappa shape index (κ3) is 4.19. The van der Waals surface area contributed by atoms with Crippen LogP contribution in [0.4, 0.5) is 0 Å². The number of hydrogen-bond acceptors (Lipinski definition) is 1. The summed E-state index contributed by atoms with van der Waals surface area (Å²) in [6.45, 7) is 7.55. The second-order valence-electron chi connectivity index (χ2n) is 6.75. The van der Waals surface area contributed by atoms with E-state index in [1.54, 1.807) is 0 Å². The molecule has 0 atom stereocenters. The van der Waals surface area contributed by atoms with Crippen LogP contribution >= 0.6 is 15.9 Å². The maximum absolute atomic E-state index is 6.73. The fraction of sp³-hybridized carbons (Fsp3) is 0.333. The van der Waals surface area contributed by atoms with E-state index in [9.17, 15) is 0 Å². The lowest BCUT2D eigenvalue weighted by Crippen LogP contribution is -2.66. The van der Waals surface area contributed by atoms with Crippen LogP contribution in [0, 0.1) is 11.8 Å². The molecule has 0 aromatic heterocycles. The van der Waals surface area contributed by atoms with Gasteiger partial charge in [0.2, 0.25) is 0 Å². The third-order valence-electron chi connectivity index (χ3n) is 4.15. The van der Waals surface area contributed by atoms with Crippen molar-refractivity contribution in [1.29, 1.82) is 0 Å². The summed E-state index contributed by atoms with van der Waals surface area (Å²) in [5.74, 6) is 6.22. The smallest absolute Gasteiger partial charge is 0.261 e. The summed E-state index contributed by atoms with van der Waals surface area (Å²) in [5.41, 5.74) is 0. The molecule has 0 spiro atoms. The van der Waals surface area contributed by atoms with E-state index in [4.69, 9.17) is 4.43 Å². The van der Waals surface area contributed by atoms with Gasteiger partial charge in [0.25, 0.3) is 8.32 Å². The first-order chi connectivity index (χ1) is 11.5. The van der Waals surface area contributed by atoms with Crippen LogP contribution in [0.2, 0.25) is 5.04 Å². The van der Waals surface area contributed by atoms with Gasteiger partial charge in [-0.3, -0.25) is 0 Å².